The first-order chi connectivity index (χ1) is 17.8. The fourth-order valence-corrected chi connectivity index (χ4v) is 3.20. The molecule has 1 rings (SSSR count). The Bertz CT molecular complexity index is 584. The first-order valence-electron chi connectivity index (χ1n) is 13.5. The Morgan fingerprint density at radius 1 is 0.556 bits per heavy atom. The van der Waals surface area contributed by atoms with Crippen molar-refractivity contribution < 1.29 is 38.0 Å². The lowest BCUT2D eigenvalue weighted by atomic mass is 10.1. The van der Waals surface area contributed by atoms with Gasteiger partial charge in [-0.2, -0.15) is 0 Å². The van der Waals surface area contributed by atoms with E-state index in [-0.39, 0.29) is 5.97 Å². The molecule has 1 aromatic carbocycles. The molecule has 0 bridgehead atoms. The molecule has 8 heteroatoms. The zero-order chi connectivity index (χ0) is 25.8. The van der Waals surface area contributed by atoms with Crippen molar-refractivity contribution in [1.82, 2.24) is 0 Å². The van der Waals surface area contributed by atoms with Crippen molar-refractivity contribution in [3.05, 3.63) is 35.9 Å². The molecule has 0 atom stereocenters. The van der Waals surface area contributed by atoms with Crippen molar-refractivity contribution in [3.8, 4) is 0 Å². The molecular weight excluding hydrogens is 464 g/mol. The van der Waals surface area contributed by atoms with Crippen LogP contribution in [0.3, 0.4) is 0 Å². The van der Waals surface area contributed by atoms with Crippen LogP contribution in [0, 0.1) is 0 Å². The zero-order valence-corrected chi connectivity index (χ0v) is 22.3. The molecule has 8 nitrogen and oxygen atoms in total. The highest BCUT2D eigenvalue weighted by Gasteiger charge is 2.02. The van der Waals surface area contributed by atoms with Crippen molar-refractivity contribution in [2.45, 2.75) is 58.5 Å². The van der Waals surface area contributed by atoms with Crippen molar-refractivity contribution in [1.29, 1.82) is 0 Å². The van der Waals surface area contributed by atoms with Gasteiger partial charge >= 0.3 is 5.97 Å². The van der Waals surface area contributed by atoms with Crippen LogP contribution in [0.15, 0.2) is 30.3 Å². The lowest BCUT2D eigenvalue weighted by molar-refractivity contribution is -0.145. The molecule has 0 aliphatic heterocycles. The molecule has 0 amide bonds. The van der Waals surface area contributed by atoms with Crippen molar-refractivity contribution >= 4 is 5.97 Å². The van der Waals surface area contributed by atoms with Gasteiger partial charge in [0.15, 0.2) is 0 Å². The fraction of sp³-hybridized carbons (Fsp3) is 0.750. The smallest absolute Gasteiger partial charge is 0.305 e. The van der Waals surface area contributed by atoms with Gasteiger partial charge < -0.3 is 33.2 Å². The second-order valence-electron chi connectivity index (χ2n) is 8.34. The number of benzene rings is 1. The van der Waals surface area contributed by atoms with Gasteiger partial charge in [-0.25, -0.2) is 0 Å². The standard InChI is InChI=1S/C28H48O8/c1-2-3-4-5-6-10-13-28(29)36-25-24-34-21-20-32-17-16-30-14-15-31-18-19-33-22-23-35-26-27-11-8-7-9-12-27/h7-9,11-12H,2-6,10,13-26H2,1H3. The first kappa shape index (κ1) is 32.5. The Morgan fingerprint density at radius 3 is 1.53 bits per heavy atom. The molecule has 0 aliphatic rings. The second kappa shape index (κ2) is 26.5. The summed E-state index contributed by atoms with van der Waals surface area (Å²) in [5.74, 6) is -0.136. The number of ether oxygens (including phenoxy) is 7. The maximum absolute atomic E-state index is 11.6. The Morgan fingerprint density at radius 2 is 1.00 bits per heavy atom. The maximum atomic E-state index is 11.6. The van der Waals surface area contributed by atoms with Gasteiger partial charge in [0, 0.05) is 6.42 Å². The van der Waals surface area contributed by atoms with Crippen LogP contribution in [0.1, 0.15) is 57.4 Å². The highest BCUT2D eigenvalue weighted by molar-refractivity contribution is 5.69. The van der Waals surface area contributed by atoms with Gasteiger partial charge in [-0.05, 0) is 12.0 Å². The number of hydrogen-bond acceptors (Lipinski definition) is 8. The largest absolute Gasteiger partial charge is 0.463 e. The van der Waals surface area contributed by atoms with Gasteiger partial charge in [0.25, 0.3) is 0 Å². The van der Waals surface area contributed by atoms with E-state index in [1.54, 1.807) is 0 Å². The van der Waals surface area contributed by atoms with Crippen LogP contribution in [0.4, 0.5) is 0 Å². The van der Waals surface area contributed by atoms with E-state index in [0.717, 1.165) is 18.4 Å². The van der Waals surface area contributed by atoms with Gasteiger partial charge in [-0.15, -0.1) is 0 Å². The van der Waals surface area contributed by atoms with E-state index in [4.69, 9.17) is 33.2 Å². The zero-order valence-electron chi connectivity index (χ0n) is 22.3. The SMILES string of the molecule is CCCCCCCCC(=O)OCCOCCOCCOCCOCCOCCOCc1ccccc1. The Balaban J connectivity index is 1.68. The number of hydrogen-bond donors (Lipinski definition) is 0. The molecule has 1 aromatic rings. The molecule has 208 valence electrons. The predicted octanol–water partition coefficient (Wildman–Crippen LogP) is 4.58. The summed E-state index contributed by atoms with van der Waals surface area (Å²) >= 11 is 0. The van der Waals surface area contributed by atoms with Gasteiger partial charge in [0.2, 0.25) is 0 Å². The van der Waals surface area contributed by atoms with Crippen LogP contribution in [0.2, 0.25) is 0 Å². The summed E-state index contributed by atoms with van der Waals surface area (Å²) in [5, 5.41) is 0. The topological polar surface area (TPSA) is 81.7 Å². The molecule has 0 saturated heterocycles. The summed E-state index contributed by atoms with van der Waals surface area (Å²) in [6, 6.07) is 10.1. The Hall–Kier alpha value is -1.55. The minimum atomic E-state index is -0.136. The lowest BCUT2D eigenvalue weighted by Gasteiger charge is -2.08. The van der Waals surface area contributed by atoms with E-state index in [1.165, 1.54) is 25.7 Å². The molecule has 0 unspecified atom stereocenters. The number of carbonyl (C=O) groups excluding carboxylic acids is 1. The van der Waals surface area contributed by atoms with Crippen LogP contribution < -0.4 is 0 Å². The third-order valence-electron chi connectivity index (χ3n) is 5.20. The quantitative estimate of drug-likeness (QED) is 0.125. The minimum Gasteiger partial charge on any atom is -0.463 e. The van der Waals surface area contributed by atoms with E-state index < -0.39 is 0 Å². The van der Waals surface area contributed by atoms with Crippen LogP contribution in [0.5, 0.6) is 0 Å². The van der Waals surface area contributed by atoms with Crippen LogP contribution in [-0.2, 0) is 44.6 Å². The number of carbonyl (C=O) groups is 1. The highest BCUT2D eigenvalue weighted by atomic mass is 16.6. The molecule has 0 saturated carbocycles. The molecule has 36 heavy (non-hydrogen) atoms. The summed E-state index contributed by atoms with van der Waals surface area (Å²) < 4.78 is 38.0. The van der Waals surface area contributed by atoms with Gasteiger partial charge in [0.1, 0.15) is 6.61 Å². The summed E-state index contributed by atoms with van der Waals surface area (Å²) in [7, 11) is 0. The maximum Gasteiger partial charge on any atom is 0.305 e. The van der Waals surface area contributed by atoms with Crippen LogP contribution >= 0.6 is 0 Å². The molecule has 0 aromatic heterocycles. The normalized spacial score (nSPS) is 11.1. The van der Waals surface area contributed by atoms with Crippen molar-refractivity contribution in [2.75, 3.05) is 79.3 Å². The summed E-state index contributed by atoms with van der Waals surface area (Å²) in [6.07, 6.45) is 7.47. The van der Waals surface area contributed by atoms with Gasteiger partial charge in [-0.3, -0.25) is 4.79 Å². The molecule has 0 spiro atoms. The van der Waals surface area contributed by atoms with Crippen molar-refractivity contribution in [2.24, 2.45) is 0 Å². The Kier molecular flexibility index (Phi) is 23.9. The Labute approximate surface area is 217 Å². The highest BCUT2D eigenvalue weighted by Crippen LogP contribution is 2.07. The van der Waals surface area contributed by atoms with E-state index in [2.05, 4.69) is 6.92 Å². The van der Waals surface area contributed by atoms with Crippen molar-refractivity contribution in [3.63, 3.8) is 0 Å². The summed E-state index contributed by atoms with van der Waals surface area (Å²) in [4.78, 5) is 11.6. The fourth-order valence-electron chi connectivity index (χ4n) is 3.20. The average Bonchev–Trinajstić information content (AvgIpc) is 2.90. The second-order valence-corrected chi connectivity index (χ2v) is 8.34. The average molecular weight is 513 g/mol. The minimum absolute atomic E-state index is 0.136. The molecule has 0 fully saturated rings. The number of rotatable bonds is 27. The summed E-state index contributed by atoms with van der Waals surface area (Å²) in [6.45, 7) is 8.68. The number of unbranched alkanes of at least 4 members (excludes halogenated alkanes) is 5. The molecule has 0 radical (unpaired) electrons. The van der Waals surface area contributed by atoms with E-state index >= 15 is 0 Å². The molecule has 0 N–H and O–H groups in total. The predicted molar refractivity (Wildman–Crippen MR) is 139 cm³/mol. The van der Waals surface area contributed by atoms with E-state index in [0.29, 0.717) is 92.3 Å². The lowest BCUT2D eigenvalue weighted by Crippen LogP contribution is -2.15. The van der Waals surface area contributed by atoms with Crippen LogP contribution in [0.25, 0.3) is 0 Å². The van der Waals surface area contributed by atoms with Crippen LogP contribution in [-0.4, -0.2) is 85.3 Å². The third-order valence-corrected chi connectivity index (χ3v) is 5.20. The molecule has 0 aliphatic carbocycles. The molecule has 0 heterocycles. The van der Waals surface area contributed by atoms with Gasteiger partial charge in [-0.1, -0.05) is 69.4 Å². The van der Waals surface area contributed by atoms with E-state index in [1.807, 2.05) is 30.3 Å². The number of esters is 1. The third kappa shape index (κ3) is 22.9. The monoisotopic (exact) mass is 512 g/mol. The van der Waals surface area contributed by atoms with E-state index in [9.17, 15) is 4.79 Å². The summed E-state index contributed by atoms with van der Waals surface area (Å²) in [5.41, 5.74) is 1.16. The first-order valence-corrected chi connectivity index (χ1v) is 13.5. The molecular formula is C28H48O8. The van der Waals surface area contributed by atoms with Gasteiger partial charge in [0.05, 0.1) is 79.3 Å².